The lowest BCUT2D eigenvalue weighted by molar-refractivity contribution is 0.0574. The van der Waals surface area contributed by atoms with Crippen molar-refractivity contribution in [3.05, 3.63) is 83.7 Å². The van der Waals surface area contributed by atoms with E-state index in [1.807, 2.05) is 0 Å². The fourth-order valence-corrected chi connectivity index (χ4v) is 3.92. The van der Waals surface area contributed by atoms with Crippen LogP contribution in [0.2, 0.25) is 0 Å². The van der Waals surface area contributed by atoms with E-state index in [2.05, 4.69) is 9.97 Å². The number of methoxy groups -OCH3 is 1. The lowest BCUT2D eigenvalue weighted by Crippen LogP contribution is -2.53. The first-order valence-electron chi connectivity index (χ1n) is 9.10. The first-order chi connectivity index (χ1) is 14.0. The van der Waals surface area contributed by atoms with E-state index < -0.39 is 23.3 Å². The molecule has 0 saturated carbocycles. The van der Waals surface area contributed by atoms with Gasteiger partial charge in [0.05, 0.1) is 22.7 Å². The van der Waals surface area contributed by atoms with E-state index in [-0.39, 0.29) is 6.54 Å². The van der Waals surface area contributed by atoms with Crippen molar-refractivity contribution in [2.75, 3.05) is 13.7 Å². The Hall–Kier alpha value is -3.00. The molecular formula is C22H20F2N4O. The third kappa shape index (κ3) is 3.13. The lowest BCUT2D eigenvalue weighted by Gasteiger charge is -2.38. The smallest absolute Gasteiger partial charge is 0.125 e. The predicted octanol–water partition coefficient (Wildman–Crippen LogP) is 3.24. The van der Waals surface area contributed by atoms with Gasteiger partial charge in [0.2, 0.25) is 0 Å². The summed E-state index contributed by atoms with van der Waals surface area (Å²) in [4.78, 5) is 8.53. The van der Waals surface area contributed by atoms with Gasteiger partial charge in [0.1, 0.15) is 11.6 Å². The normalized spacial score (nSPS) is 13.1. The lowest BCUT2D eigenvalue weighted by atomic mass is 9.76. The number of rotatable bonds is 5. The summed E-state index contributed by atoms with van der Waals surface area (Å²) in [5, 5.41) is 1.36. The Balaban J connectivity index is 2.09. The molecule has 0 aliphatic carbocycles. The molecule has 2 aromatic heterocycles. The molecule has 148 valence electrons. The van der Waals surface area contributed by atoms with Crippen LogP contribution in [0.25, 0.3) is 21.8 Å². The minimum absolute atomic E-state index is 0.128. The van der Waals surface area contributed by atoms with Gasteiger partial charge in [-0.25, -0.2) is 8.78 Å². The molecular weight excluding hydrogens is 374 g/mol. The molecule has 0 amide bonds. The monoisotopic (exact) mass is 394 g/mol. The molecule has 4 N–H and O–H groups in total. The molecule has 0 bridgehead atoms. The molecule has 2 aromatic carbocycles. The predicted molar refractivity (Wildman–Crippen MR) is 108 cm³/mol. The van der Waals surface area contributed by atoms with Crippen LogP contribution < -0.4 is 11.5 Å². The summed E-state index contributed by atoms with van der Waals surface area (Å²) in [6.07, 6.45) is 2.53. The Morgan fingerprint density at radius 3 is 1.79 bits per heavy atom. The van der Waals surface area contributed by atoms with Crippen LogP contribution in [0.15, 0.2) is 60.9 Å². The topological polar surface area (TPSA) is 87.0 Å². The first-order valence-corrected chi connectivity index (χ1v) is 9.10. The number of hydrogen-bond donors (Lipinski definition) is 2. The molecule has 0 spiro atoms. The number of pyridine rings is 2. The molecule has 4 rings (SSSR count). The second-order valence-corrected chi connectivity index (χ2v) is 6.87. The minimum Gasteiger partial charge on any atom is -0.377 e. The van der Waals surface area contributed by atoms with Crippen LogP contribution in [0.4, 0.5) is 8.78 Å². The molecule has 4 aromatic rings. The Bertz CT molecular complexity index is 1110. The number of ether oxygens (including phenoxy) is 1. The van der Waals surface area contributed by atoms with Crippen LogP contribution >= 0.6 is 0 Å². The number of halogens is 2. The maximum Gasteiger partial charge on any atom is 0.125 e. The van der Waals surface area contributed by atoms with Crippen LogP contribution in [0.3, 0.4) is 0 Å². The number of fused-ring (bicyclic) bond motifs is 2. The van der Waals surface area contributed by atoms with Gasteiger partial charge in [0, 0.05) is 49.0 Å². The molecule has 0 fully saturated rings. The van der Waals surface area contributed by atoms with Crippen molar-refractivity contribution in [1.29, 1.82) is 0 Å². The third-order valence-electron chi connectivity index (χ3n) is 5.31. The van der Waals surface area contributed by atoms with E-state index in [9.17, 15) is 8.78 Å². The fourth-order valence-electron chi connectivity index (χ4n) is 3.92. The highest BCUT2D eigenvalue weighted by atomic mass is 19.1. The van der Waals surface area contributed by atoms with Crippen LogP contribution in [0.1, 0.15) is 11.1 Å². The Kier molecular flexibility index (Phi) is 4.96. The number of nitrogens with zero attached hydrogens (tertiary/aromatic N) is 2. The Morgan fingerprint density at radius 2 is 1.38 bits per heavy atom. The summed E-state index contributed by atoms with van der Waals surface area (Å²) in [5.41, 5.74) is 14.2. The second kappa shape index (κ2) is 7.44. The molecule has 5 nitrogen and oxygen atoms in total. The fraction of sp³-hybridized carbons (Fsp3) is 0.182. The van der Waals surface area contributed by atoms with Gasteiger partial charge in [0.25, 0.3) is 0 Å². The molecule has 1 unspecified atom stereocenters. The van der Waals surface area contributed by atoms with Crippen LogP contribution in [0, 0.1) is 11.6 Å². The number of aromatic nitrogens is 2. The summed E-state index contributed by atoms with van der Waals surface area (Å²) in [7, 11) is 1.53. The molecule has 0 aliphatic heterocycles. The van der Waals surface area contributed by atoms with Crippen molar-refractivity contribution in [3.63, 3.8) is 0 Å². The zero-order valence-corrected chi connectivity index (χ0v) is 15.8. The summed E-state index contributed by atoms with van der Waals surface area (Å²) in [6, 6.07) is 12.3. The highest BCUT2D eigenvalue weighted by Crippen LogP contribution is 2.38. The minimum atomic E-state index is -1.22. The van der Waals surface area contributed by atoms with Crippen molar-refractivity contribution in [2.45, 2.75) is 11.6 Å². The number of hydrogen-bond acceptors (Lipinski definition) is 5. The molecule has 2 heterocycles. The maximum absolute atomic E-state index is 13.8. The molecule has 29 heavy (non-hydrogen) atoms. The van der Waals surface area contributed by atoms with Crippen molar-refractivity contribution in [2.24, 2.45) is 11.5 Å². The summed E-state index contributed by atoms with van der Waals surface area (Å²) < 4.78 is 33.2. The van der Waals surface area contributed by atoms with Gasteiger partial charge in [-0.1, -0.05) is 0 Å². The van der Waals surface area contributed by atoms with E-state index in [4.69, 9.17) is 16.2 Å². The summed E-state index contributed by atoms with van der Waals surface area (Å²) >= 11 is 0. The Labute approximate surface area is 166 Å². The van der Waals surface area contributed by atoms with E-state index in [1.165, 1.54) is 31.4 Å². The van der Waals surface area contributed by atoms with Crippen molar-refractivity contribution >= 4 is 21.8 Å². The van der Waals surface area contributed by atoms with E-state index in [0.717, 1.165) is 0 Å². The molecule has 0 radical (unpaired) electrons. The van der Waals surface area contributed by atoms with Gasteiger partial charge in [-0.3, -0.25) is 9.97 Å². The van der Waals surface area contributed by atoms with Gasteiger partial charge >= 0.3 is 0 Å². The molecule has 1 atom stereocenters. The van der Waals surface area contributed by atoms with Crippen molar-refractivity contribution < 1.29 is 13.5 Å². The number of nitrogens with two attached hydrogens (primary N) is 2. The maximum atomic E-state index is 13.8. The second-order valence-electron chi connectivity index (χ2n) is 6.87. The van der Waals surface area contributed by atoms with Crippen molar-refractivity contribution in [3.8, 4) is 0 Å². The zero-order chi connectivity index (χ0) is 20.6. The quantitative estimate of drug-likeness (QED) is 0.543. The van der Waals surface area contributed by atoms with Crippen LogP contribution in [-0.2, 0) is 10.3 Å². The average molecular weight is 394 g/mol. The molecule has 0 saturated heterocycles. The highest BCUT2D eigenvalue weighted by Gasteiger charge is 2.40. The largest absolute Gasteiger partial charge is 0.377 e. The van der Waals surface area contributed by atoms with Gasteiger partial charge in [-0.15, -0.1) is 0 Å². The third-order valence-corrected chi connectivity index (χ3v) is 5.31. The first kappa shape index (κ1) is 19.3. The molecule has 7 heteroatoms. The van der Waals surface area contributed by atoms with Crippen molar-refractivity contribution in [1.82, 2.24) is 9.97 Å². The van der Waals surface area contributed by atoms with Crippen LogP contribution in [-0.4, -0.2) is 29.7 Å². The van der Waals surface area contributed by atoms with Gasteiger partial charge in [0.15, 0.2) is 0 Å². The van der Waals surface area contributed by atoms with E-state index in [1.54, 1.807) is 36.7 Å². The van der Waals surface area contributed by atoms with Gasteiger partial charge < -0.3 is 16.2 Å². The zero-order valence-electron chi connectivity index (χ0n) is 15.8. The molecule has 0 aliphatic rings. The number of benzene rings is 2. The highest BCUT2D eigenvalue weighted by molar-refractivity contribution is 5.88. The van der Waals surface area contributed by atoms with Gasteiger partial charge in [-0.05, 0) is 47.5 Å². The van der Waals surface area contributed by atoms with Gasteiger partial charge in [-0.2, -0.15) is 0 Å². The summed E-state index contributed by atoms with van der Waals surface area (Å²) in [6.45, 7) is 0.128. The summed E-state index contributed by atoms with van der Waals surface area (Å²) in [5.74, 6) is -0.784. The van der Waals surface area contributed by atoms with E-state index >= 15 is 0 Å². The standard InChI is InChI=1S/C22H20F2N4O/c1-29-21(12-25)22(26,17-6-8-27-19-10-13(23)2-4-15(17)19)18-7-9-28-20-11-14(24)3-5-16(18)20/h2-11,21H,12,25-26H2,1H3. The van der Waals surface area contributed by atoms with Crippen LogP contribution in [0.5, 0.6) is 0 Å². The SMILES string of the molecule is COC(CN)C(N)(c1ccnc2cc(F)ccc12)c1ccnc2cc(F)ccc12. The van der Waals surface area contributed by atoms with E-state index in [0.29, 0.717) is 32.9 Å². The average Bonchev–Trinajstić information content (AvgIpc) is 2.73. The Morgan fingerprint density at radius 1 is 0.897 bits per heavy atom.